The van der Waals surface area contributed by atoms with Crippen LogP contribution in [0.4, 0.5) is 5.69 Å². The Hall–Kier alpha value is -1.80. The monoisotopic (exact) mass is 862 g/mol. The number of nitrogens with zero attached hydrogens (tertiary/aromatic N) is 2. The summed E-state index contributed by atoms with van der Waals surface area (Å²) in [6, 6.07) is 11.0. The van der Waals surface area contributed by atoms with E-state index >= 15 is 0 Å². The molecule has 61 heavy (non-hydrogen) atoms. The summed E-state index contributed by atoms with van der Waals surface area (Å²) in [5.74, 6) is 0. The fraction of sp³-hybridized carbons (Fsp3) is 0.776. The average Bonchev–Trinajstić information content (AvgIpc) is 3.27. The number of pyridine rings is 1. The van der Waals surface area contributed by atoms with Gasteiger partial charge in [-0.05, 0) is 36.1 Å². The zero-order valence-corrected chi connectivity index (χ0v) is 41.9. The molecule has 2 rings (SSSR count). The molecule has 0 radical (unpaired) electrons. The Balaban J connectivity index is 1.58. The van der Waals surface area contributed by atoms with Gasteiger partial charge in [0.05, 0.1) is 10.7 Å². The van der Waals surface area contributed by atoms with Crippen LogP contribution in [-0.2, 0) is 7.05 Å². The van der Waals surface area contributed by atoms with Gasteiger partial charge in [0.15, 0.2) is 12.4 Å². The molecule has 0 spiro atoms. The molecule has 0 amide bonds. The van der Waals surface area contributed by atoms with Crippen LogP contribution in [0.2, 0.25) is 5.02 Å². The Bertz CT molecular complexity index is 1190. The maximum absolute atomic E-state index is 7.04. The van der Waals surface area contributed by atoms with E-state index in [0.29, 0.717) is 0 Å². The molecule has 0 N–H and O–H groups in total. The zero-order chi connectivity index (χ0) is 43.5. The van der Waals surface area contributed by atoms with Crippen LogP contribution in [-0.4, -0.2) is 13.1 Å². The summed E-state index contributed by atoms with van der Waals surface area (Å²) >= 11 is 7.04. The molecule has 0 bridgehead atoms. The molecule has 350 valence electrons. The Morgan fingerprint density at radius 3 is 0.951 bits per heavy atom. The van der Waals surface area contributed by atoms with Crippen molar-refractivity contribution in [1.29, 1.82) is 0 Å². The first kappa shape index (κ1) is 55.3. The van der Waals surface area contributed by atoms with E-state index in [-0.39, 0.29) is 0 Å². The molecule has 1 heterocycles. The number of aromatic nitrogens is 1. The van der Waals surface area contributed by atoms with Gasteiger partial charge < -0.3 is 4.90 Å². The van der Waals surface area contributed by atoms with Gasteiger partial charge in [-0.3, -0.25) is 0 Å². The number of aryl methyl sites for hydroxylation is 1. The molecule has 2 nitrogen and oxygen atoms in total. The molecule has 0 saturated carbocycles. The Morgan fingerprint density at radius 2 is 0.656 bits per heavy atom. The number of hydrogen-bond acceptors (Lipinski definition) is 1. The van der Waals surface area contributed by atoms with Gasteiger partial charge in [-0.15, -0.1) is 0 Å². The number of benzene rings is 1. The van der Waals surface area contributed by atoms with Crippen molar-refractivity contribution in [2.45, 2.75) is 271 Å². The van der Waals surface area contributed by atoms with Crippen molar-refractivity contribution in [2.75, 3.05) is 18.0 Å². The maximum Gasteiger partial charge on any atom is 0.169 e. The quantitative estimate of drug-likeness (QED) is 0.0475. The van der Waals surface area contributed by atoms with Crippen molar-refractivity contribution >= 4 is 29.4 Å². The Kier molecular flexibility index (Phi) is 38.2. The SMILES string of the molecule is CCCCCCCCCCCCCCCCCCCCCCN(CCCCCCCCCCCCCCCCCCCCCC)c1ccc(/C=C/c2cc[n+](C)cc2)cc1Cl. The van der Waals surface area contributed by atoms with Gasteiger partial charge in [0, 0.05) is 25.2 Å². The minimum atomic E-state index is 0.892. The van der Waals surface area contributed by atoms with E-state index in [1.165, 1.54) is 274 Å². The topological polar surface area (TPSA) is 7.12 Å². The second kappa shape index (κ2) is 42.2. The second-order valence-electron chi connectivity index (χ2n) is 19.3. The third-order valence-electron chi connectivity index (χ3n) is 13.3. The smallest absolute Gasteiger partial charge is 0.169 e. The number of halogens is 1. The van der Waals surface area contributed by atoms with Crippen LogP contribution in [0, 0.1) is 0 Å². The highest BCUT2D eigenvalue weighted by Gasteiger charge is 2.11. The van der Waals surface area contributed by atoms with E-state index < -0.39 is 0 Å². The maximum atomic E-state index is 7.04. The summed E-state index contributed by atoms with van der Waals surface area (Å²) in [6.45, 7) is 6.86. The fourth-order valence-electron chi connectivity index (χ4n) is 9.17. The van der Waals surface area contributed by atoms with Crippen molar-refractivity contribution in [3.63, 3.8) is 0 Å². The van der Waals surface area contributed by atoms with Gasteiger partial charge in [0.25, 0.3) is 0 Å². The summed E-state index contributed by atoms with van der Waals surface area (Å²) in [5, 5.41) is 0.892. The summed E-state index contributed by atoms with van der Waals surface area (Å²) < 4.78 is 2.07. The number of hydrogen-bond donors (Lipinski definition) is 0. The van der Waals surface area contributed by atoms with Gasteiger partial charge in [0.2, 0.25) is 0 Å². The number of unbranched alkanes of at least 4 members (excludes halogenated alkanes) is 38. The first-order chi connectivity index (χ1) is 30.1. The summed E-state index contributed by atoms with van der Waals surface area (Å²) in [6.07, 6.45) is 65.7. The molecule has 3 heteroatoms. The lowest BCUT2D eigenvalue weighted by molar-refractivity contribution is -0.671. The number of anilines is 1. The molecule has 1 aromatic heterocycles. The molecule has 0 aliphatic heterocycles. The van der Waals surface area contributed by atoms with Gasteiger partial charge in [-0.25, -0.2) is 4.57 Å². The normalized spacial score (nSPS) is 11.7. The fourth-order valence-corrected chi connectivity index (χ4v) is 9.48. The van der Waals surface area contributed by atoms with Gasteiger partial charge in [0.1, 0.15) is 7.05 Å². The summed E-state index contributed by atoms with van der Waals surface area (Å²) in [7, 11) is 2.06. The minimum absolute atomic E-state index is 0.892. The predicted octanol–water partition coefficient (Wildman–Crippen LogP) is 19.8. The van der Waals surface area contributed by atoms with Gasteiger partial charge in [-0.1, -0.05) is 288 Å². The highest BCUT2D eigenvalue weighted by molar-refractivity contribution is 6.33. The van der Waals surface area contributed by atoms with Gasteiger partial charge in [-0.2, -0.15) is 0 Å². The molecular weight excluding hydrogens is 760 g/mol. The lowest BCUT2D eigenvalue weighted by atomic mass is 10.0. The molecule has 0 aliphatic rings. The summed E-state index contributed by atoms with van der Waals surface area (Å²) in [4.78, 5) is 2.61. The van der Waals surface area contributed by atoms with E-state index in [1.54, 1.807) is 0 Å². The zero-order valence-electron chi connectivity index (χ0n) is 41.2. The Morgan fingerprint density at radius 1 is 0.377 bits per heavy atom. The molecule has 2 aromatic rings. The van der Waals surface area contributed by atoms with Crippen molar-refractivity contribution in [1.82, 2.24) is 0 Å². The van der Waals surface area contributed by atoms with Crippen molar-refractivity contribution in [2.24, 2.45) is 7.05 Å². The van der Waals surface area contributed by atoms with E-state index in [1.807, 2.05) is 0 Å². The van der Waals surface area contributed by atoms with Crippen LogP contribution in [0.5, 0.6) is 0 Å². The van der Waals surface area contributed by atoms with Crippen LogP contribution >= 0.6 is 11.6 Å². The van der Waals surface area contributed by atoms with Gasteiger partial charge >= 0.3 is 0 Å². The van der Waals surface area contributed by atoms with Crippen LogP contribution in [0.15, 0.2) is 42.7 Å². The summed E-state index contributed by atoms with van der Waals surface area (Å²) in [5.41, 5.74) is 3.60. The van der Waals surface area contributed by atoms with Crippen molar-refractivity contribution in [3.05, 3.63) is 58.9 Å². The van der Waals surface area contributed by atoms with E-state index in [9.17, 15) is 0 Å². The van der Waals surface area contributed by atoms with Crippen molar-refractivity contribution in [3.8, 4) is 0 Å². The average molecular weight is 863 g/mol. The number of rotatable bonds is 45. The lowest BCUT2D eigenvalue weighted by Gasteiger charge is -2.26. The molecule has 0 atom stereocenters. The van der Waals surface area contributed by atoms with Crippen LogP contribution in [0.3, 0.4) is 0 Å². The highest BCUT2D eigenvalue weighted by Crippen LogP contribution is 2.29. The molecule has 0 saturated heterocycles. The molecule has 0 unspecified atom stereocenters. The van der Waals surface area contributed by atoms with Crippen LogP contribution < -0.4 is 9.47 Å². The Labute approximate surface area is 386 Å². The standard InChI is InChI=1S/C58H102ClN2/c1-4-6-8-10-12-14-16-18-20-22-24-26-28-30-32-34-36-38-40-42-50-61(58-47-46-56(54-57(58)59)45-44-55-48-52-60(3)53-49-55)51-43-41-39-37-35-33-31-29-27-25-23-21-19-17-15-13-11-9-7-5-2/h44-49,52-54H,4-43,50-51H2,1-3H3/q+1. The van der Waals surface area contributed by atoms with E-state index in [4.69, 9.17) is 11.6 Å². The van der Waals surface area contributed by atoms with E-state index in [0.717, 1.165) is 18.1 Å². The molecule has 0 aliphatic carbocycles. The molecule has 1 aromatic carbocycles. The third kappa shape index (κ3) is 33.4. The molecule has 0 fully saturated rings. The first-order valence-corrected chi connectivity index (χ1v) is 27.7. The van der Waals surface area contributed by atoms with Crippen LogP contribution in [0.25, 0.3) is 12.2 Å². The minimum Gasteiger partial charge on any atom is -0.370 e. The lowest BCUT2D eigenvalue weighted by Crippen LogP contribution is -2.26. The van der Waals surface area contributed by atoms with Crippen LogP contribution in [0.1, 0.15) is 282 Å². The largest absolute Gasteiger partial charge is 0.370 e. The molecular formula is C58H102ClN2+. The predicted molar refractivity (Wildman–Crippen MR) is 276 cm³/mol. The van der Waals surface area contributed by atoms with E-state index in [2.05, 4.69) is 85.2 Å². The third-order valence-corrected chi connectivity index (χ3v) is 13.7. The van der Waals surface area contributed by atoms with Crippen molar-refractivity contribution < 1.29 is 4.57 Å². The highest BCUT2D eigenvalue weighted by atomic mass is 35.5. The second-order valence-corrected chi connectivity index (χ2v) is 19.7. The first-order valence-electron chi connectivity index (χ1n) is 27.3.